The predicted octanol–water partition coefficient (Wildman–Crippen LogP) is 6.30. The Balaban J connectivity index is 1.91. The number of benzene rings is 3. The lowest BCUT2D eigenvalue weighted by Crippen LogP contribution is -2.37. The van der Waals surface area contributed by atoms with Gasteiger partial charge in [0.25, 0.3) is 0 Å². The SMILES string of the molecule is Cc1ccc(-c2c(C)c3c(c(C)c2[C@H](OC(C)(C)C)C(=O)O)CC(=O)N(Cc2ccccc2)C3)cc1. The number of nitrogens with zero attached hydrogens (tertiary/aromatic N) is 1. The first-order valence-corrected chi connectivity index (χ1v) is 12.4. The third kappa shape index (κ3) is 5.21. The molecule has 0 saturated heterocycles. The van der Waals surface area contributed by atoms with Crippen LogP contribution in [0.25, 0.3) is 11.1 Å². The summed E-state index contributed by atoms with van der Waals surface area (Å²) in [4.78, 5) is 27.7. The van der Waals surface area contributed by atoms with Gasteiger partial charge in [-0.2, -0.15) is 0 Å². The van der Waals surface area contributed by atoms with Crippen molar-refractivity contribution in [2.75, 3.05) is 0 Å². The van der Waals surface area contributed by atoms with Crippen molar-refractivity contribution in [3.8, 4) is 11.1 Å². The molecule has 0 aromatic heterocycles. The molecule has 0 fully saturated rings. The molecule has 3 aromatic rings. The van der Waals surface area contributed by atoms with Crippen molar-refractivity contribution < 1.29 is 19.4 Å². The van der Waals surface area contributed by atoms with E-state index in [9.17, 15) is 14.7 Å². The minimum Gasteiger partial charge on any atom is -0.479 e. The van der Waals surface area contributed by atoms with Crippen LogP contribution in [0.4, 0.5) is 0 Å². The van der Waals surface area contributed by atoms with Crippen LogP contribution >= 0.6 is 0 Å². The van der Waals surface area contributed by atoms with Gasteiger partial charge in [-0.25, -0.2) is 4.79 Å². The minimum atomic E-state index is -1.15. The second kappa shape index (κ2) is 9.90. The molecule has 1 amide bonds. The van der Waals surface area contributed by atoms with E-state index in [0.717, 1.165) is 44.5 Å². The molecule has 4 rings (SSSR count). The molecule has 36 heavy (non-hydrogen) atoms. The maximum atomic E-state index is 13.2. The van der Waals surface area contributed by atoms with Crippen molar-refractivity contribution in [2.24, 2.45) is 0 Å². The lowest BCUT2D eigenvalue weighted by atomic mass is 9.80. The molecular formula is C31H35NO4. The highest BCUT2D eigenvalue weighted by Crippen LogP contribution is 2.43. The predicted molar refractivity (Wildman–Crippen MR) is 142 cm³/mol. The Morgan fingerprint density at radius 3 is 2.19 bits per heavy atom. The van der Waals surface area contributed by atoms with Crippen LogP contribution < -0.4 is 0 Å². The first-order valence-electron chi connectivity index (χ1n) is 12.4. The number of hydrogen-bond acceptors (Lipinski definition) is 3. The highest BCUT2D eigenvalue weighted by molar-refractivity contribution is 5.87. The van der Waals surface area contributed by atoms with Gasteiger partial charge in [-0.3, -0.25) is 4.79 Å². The minimum absolute atomic E-state index is 0.0477. The van der Waals surface area contributed by atoms with E-state index >= 15 is 0 Å². The fourth-order valence-electron chi connectivity index (χ4n) is 5.11. The number of aryl methyl sites for hydroxylation is 1. The summed E-state index contributed by atoms with van der Waals surface area (Å²) in [6, 6.07) is 18.2. The Labute approximate surface area is 213 Å². The number of carboxylic acid groups (broad SMARTS) is 1. The number of carbonyl (C=O) groups is 2. The van der Waals surface area contributed by atoms with E-state index in [2.05, 4.69) is 0 Å². The zero-order valence-corrected chi connectivity index (χ0v) is 22.0. The highest BCUT2D eigenvalue weighted by atomic mass is 16.5. The van der Waals surface area contributed by atoms with Gasteiger partial charge in [-0.05, 0) is 80.5 Å². The standard InChI is InChI=1S/C31H35NO4/c1-19-12-14-23(15-13-19)27-21(3)25-18-32(17-22-10-8-7-9-11-22)26(33)16-24(25)20(2)28(27)29(30(34)35)36-31(4,5)6/h7-15,29H,16-18H2,1-6H3,(H,34,35)/t29-/m0/s1. The maximum absolute atomic E-state index is 13.2. The van der Waals surface area contributed by atoms with Crippen molar-refractivity contribution in [3.05, 3.63) is 93.5 Å². The largest absolute Gasteiger partial charge is 0.479 e. The summed E-state index contributed by atoms with van der Waals surface area (Å²) in [6.45, 7) is 12.6. The normalized spacial score (nSPS) is 14.5. The molecule has 5 nitrogen and oxygen atoms in total. The second-order valence-corrected chi connectivity index (χ2v) is 10.7. The van der Waals surface area contributed by atoms with Gasteiger partial charge >= 0.3 is 5.97 Å². The Bertz CT molecular complexity index is 1290. The van der Waals surface area contributed by atoms with E-state index in [4.69, 9.17) is 4.74 Å². The zero-order chi connectivity index (χ0) is 26.2. The summed E-state index contributed by atoms with van der Waals surface area (Å²) >= 11 is 0. The monoisotopic (exact) mass is 485 g/mol. The van der Waals surface area contributed by atoms with E-state index in [1.54, 1.807) is 0 Å². The highest BCUT2D eigenvalue weighted by Gasteiger charge is 2.36. The van der Waals surface area contributed by atoms with Crippen LogP contribution in [-0.4, -0.2) is 27.5 Å². The van der Waals surface area contributed by atoms with Gasteiger partial charge < -0.3 is 14.7 Å². The average Bonchev–Trinajstić information content (AvgIpc) is 2.81. The summed E-state index contributed by atoms with van der Waals surface area (Å²) in [6.07, 6.45) is -0.902. The molecular weight excluding hydrogens is 450 g/mol. The molecule has 0 bridgehead atoms. The van der Waals surface area contributed by atoms with Crippen LogP contribution in [0.15, 0.2) is 54.6 Å². The lowest BCUT2D eigenvalue weighted by Gasteiger charge is -2.35. The topological polar surface area (TPSA) is 66.8 Å². The van der Waals surface area contributed by atoms with Crippen LogP contribution in [0.3, 0.4) is 0 Å². The fraction of sp³-hybridized carbons (Fsp3) is 0.355. The molecule has 1 aliphatic rings. The number of hydrogen-bond donors (Lipinski definition) is 1. The molecule has 1 atom stereocenters. The van der Waals surface area contributed by atoms with Gasteiger partial charge in [-0.15, -0.1) is 0 Å². The van der Waals surface area contributed by atoms with Gasteiger partial charge in [-0.1, -0.05) is 60.2 Å². The Morgan fingerprint density at radius 2 is 1.61 bits per heavy atom. The van der Waals surface area contributed by atoms with Gasteiger partial charge in [0.05, 0.1) is 12.0 Å². The van der Waals surface area contributed by atoms with Crippen LogP contribution in [0.1, 0.15) is 65.8 Å². The van der Waals surface area contributed by atoms with Gasteiger partial charge in [0.2, 0.25) is 5.91 Å². The van der Waals surface area contributed by atoms with Crippen molar-refractivity contribution >= 4 is 11.9 Å². The fourth-order valence-corrected chi connectivity index (χ4v) is 5.11. The molecule has 0 saturated carbocycles. The van der Waals surface area contributed by atoms with E-state index < -0.39 is 17.7 Å². The molecule has 5 heteroatoms. The van der Waals surface area contributed by atoms with Gasteiger partial charge in [0, 0.05) is 18.7 Å². The van der Waals surface area contributed by atoms with Crippen LogP contribution in [-0.2, 0) is 33.8 Å². The van der Waals surface area contributed by atoms with Gasteiger partial charge in [0.15, 0.2) is 6.10 Å². The van der Waals surface area contributed by atoms with Crippen LogP contribution in [0, 0.1) is 20.8 Å². The Kier molecular flexibility index (Phi) is 7.05. The number of fused-ring (bicyclic) bond motifs is 1. The molecule has 0 aliphatic carbocycles. The van der Waals surface area contributed by atoms with Crippen molar-refractivity contribution in [3.63, 3.8) is 0 Å². The molecule has 1 heterocycles. The third-order valence-corrected chi connectivity index (χ3v) is 6.86. The molecule has 0 spiro atoms. The number of carbonyl (C=O) groups excluding carboxylic acids is 1. The summed E-state index contributed by atoms with van der Waals surface area (Å²) < 4.78 is 6.13. The average molecular weight is 486 g/mol. The zero-order valence-electron chi connectivity index (χ0n) is 22.0. The summed E-state index contributed by atoms with van der Waals surface area (Å²) in [7, 11) is 0. The first-order chi connectivity index (χ1) is 17.0. The molecule has 0 radical (unpaired) electrons. The second-order valence-electron chi connectivity index (χ2n) is 10.7. The van der Waals surface area contributed by atoms with Crippen molar-refractivity contribution in [1.29, 1.82) is 0 Å². The van der Waals surface area contributed by atoms with Gasteiger partial charge in [0.1, 0.15) is 0 Å². The number of carboxylic acids is 1. The number of rotatable bonds is 6. The number of amides is 1. The number of aliphatic carboxylic acids is 1. The van der Waals surface area contributed by atoms with E-state index in [1.807, 2.05) is 101 Å². The van der Waals surface area contributed by atoms with Crippen LogP contribution in [0.5, 0.6) is 0 Å². The maximum Gasteiger partial charge on any atom is 0.337 e. The van der Waals surface area contributed by atoms with E-state index in [0.29, 0.717) is 18.7 Å². The number of ether oxygens (including phenoxy) is 1. The van der Waals surface area contributed by atoms with Crippen LogP contribution in [0.2, 0.25) is 0 Å². The molecule has 1 N–H and O–H groups in total. The lowest BCUT2D eigenvalue weighted by molar-refractivity contribution is -0.160. The third-order valence-electron chi connectivity index (χ3n) is 6.86. The summed E-state index contributed by atoms with van der Waals surface area (Å²) in [5.74, 6) is -0.986. The van der Waals surface area contributed by atoms with Crippen molar-refractivity contribution in [1.82, 2.24) is 4.90 Å². The first kappa shape index (κ1) is 25.6. The molecule has 3 aromatic carbocycles. The Hall–Kier alpha value is -3.44. The smallest absolute Gasteiger partial charge is 0.337 e. The molecule has 1 aliphatic heterocycles. The van der Waals surface area contributed by atoms with E-state index in [1.165, 1.54) is 0 Å². The Morgan fingerprint density at radius 1 is 0.972 bits per heavy atom. The molecule has 188 valence electrons. The molecule has 0 unspecified atom stereocenters. The quantitative estimate of drug-likeness (QED) is 0.445. The van der Waals surface area contributed by atoms with E-state index in [-0.39, 0.29) is 12.3 Å². The summed E-state index contributed by atoms with van der Waals surface area (Å²) in [5, 5.41) is 10.3. The van der Waals surface area contributed by atoms with Crippen molar-refractivity contribution in [2.45, 2.75) is 72.8 Å². The summed E-state index contributed by atoms with van der Waals surface area (Å²) in [5.41, 5.74) is 7.90.